The van der Waals surface area contributed by atoms with E-state index in [2.05, 4.69) is 71.9 Å². The van der Waals surface area contributed by atoms with Crippen LogP contribution in [0.4, 0.5) is 0 Å². The maximum Gasteiger partial charge on any atom is 0.142 e. The van der Waals surface area contributed by atoms with E-state index in [0.717, 1.165) is 80.6 Å². The number of aryl methyl sites for hydroxylation is 2. The normalized spacial score (nSPS) is 12.9. The molecule has 8 heterocycles. The Kier molecular flexibility index (Phi) is 33.2. The summed E-state index contributed by atoms with van der Waals surface area (Å²) in [6.07, 6.45) is 56.4. The smallest absolute Gasteiger partial charge is 0.142 e. The van der Waals surface area contributed by atoms with E-state index in [1.54, 1.807) is 13.2 Å². The number of nitrogens with zero attached hydrogens (tertiary/aromatic N) is 2. The minimum atomic E-state index is 0.603. The van der Waals surface area contributed by atoms with Crippen LogP contribution in [0, 0.1) is 11.8 Å². The van der Waals surface area contributed by atoms with E-state index in [4.69, 9.17) is 37.9 Å². The number of rotatable bonds is 48. The van der Waals surface area contributed by atoms with Gasteiger partial charge in [0.05, 0.1) is 42.9 Å². The molecule has 2 unspecified atom stereocenters. The summed E-state index contributed by atoms with van der Waals surface area (Å²) in [6, 6.07) is 9.34. The van der Waals surface area contributed by atoms with Crippen LogP contribution in [-0.2, 0) is 35.2 Å². The van der Waals surface area contributed by atoms with Gasteiger partial charge in [-0.1, -0.05) is 270 Å². The number of thiophene rings is 7. The highest BCUT2D eigenvalue weighted by molar-refractivity contribution is 7.34. The average molecular weight is 1400 g/mol. The highest BCUT2D eigenvalue weighted by atomic mass is 35.5. The first-order valence-corrected chi connectivity index (χ1v) is 42.5. The van der Waals surface area contributed by atoms with E-state index < -0.39 is 0 Å². The monoisotopic (exact) mass is 1400 g/mol. The van der Waals surface area contributed by atoms with Crippen molar-refractivity contribution >= 4 is 151 Å². The Labute approximate surface area is 587 Å². The van der Waals surface area contributed by atoms with Gasteiger partial charge in [0.2, 0.25) is 0 Å². The molecule has 0 aromatic carbocycles. The van der Waals surface area contributed by atoms with Crippen LogP contribution in [0.25, 0.3) is 82.6 Å². The number of methoxy groups -OCH3 is 1. The molecule has 0 bridgehead atoms. The average Bonchev–Trinajstić information content (AvgIpc) is 1.59. The fraction of sp³-hybridized carbons (Fsp3) is 0.603. The lowest BCUT2D eigenvalue weighted by Gasteiger charge is -2.16. The topological polar surface area (TPSA) is 52.1 Å². The lowest BCUT2D eigenvalue weighted by atomic mass is 9.92. The van der Waals surface area contributed by atoms with E-state index in [-0.39, 0.29) is 0 Å². The molecule has 4 nitrogen and oxygen atoms in total. The first kappa shape index (κ1) is 74.1. The molecule has 13 heteroatoms. The standard InChI is InChI=1S/C78H108Cl2N2O2S7/c1-8-14-20-24-26-28-30-32-36-43-57-61(45-38-47-83)85-67-53-69(89-75(57)67)77-73-74(78(91-77)70-54-68-76(90-70)58(62(86-68)46-48-84-7)44-37-33-31-29-27-25-21-15-9-2)82-72(66-52-60(80)64(88-66)50-56(40-19-13-6)42-35-23-17-11-4)71(81-73)65-51-59(79)63(87-65)49-55(39-18-12-5)41-34-22-16-10-3/h38,45-48,51-56H,8-37,39-44,49-50H2,1-7H3/b45-38+,48-46+. The number of aldehydes is 1. The number of hydrogen-bond acceptors (Lipinski definition) is 11. The molecule has 8 aromatic heterocycles. The molecule has 0 aliphatic heterocycles. The molecule has 498 valence electrons. The third kappa shape index (κ3) is 21.6. The molecule has 0 saturated carbocycles. The first-order chi connectivity index (χ1) is 44.7. The van der Waals surface area contributed by atoms with Crippen LogP contribution in [0.15, 0.2) is 36.6 Å². The molecule has 0 aliphatic rings. The lowest BCUT2D eigenvalue weighted by Crippen LogP contribution is -2.04. The van der Waals surface area contributed by atoms with Crippen LogP contribution in [0.1, 0.15) is 290 Å². The van der Waals surface area contributed by atoms with E-state index in [0.29, 0.717) is 11.8 Å². The predicted molar refractivity (Wildman–Crippen MR) is 415 cm³/mol. The Morgan fingerprint density at radius 3 is 1.20 bits per heavy atom. The molecule has 0 N–H and O–H groups in total. The van der Waals surface area contributed by atoms with Crippen LogP contribution in [0.5, 0.6) is 0 Å². The Balaban J connectivity index is 1.28. The number of ether oxygens (including phenoxy) is 1. The van der Waals surface area contributed by atoms with Gasteiger partial charge in [-0.3, -0.25) is 4.79 Å². The summed E-state index contributed by atoms with van der Waals surface area (Å²) in [4.78, 5) is 36.0. The number of fused-ring (bicyclic) bond motifs is 3. The number of carbonyl (C=O) groups is 1. The molecular formula is C78H108Cl2N2O2S7. The summed E-state index contributed by atoms with van der Waals surface area (Å²) in [5.41, 5.74) is 6.58. The van der Waals surface area contributed by atoms with Crippen LogP contribution in [0.2, 0.25) is 10.0 Å². The van der Waals surface area contributed by atoms with Gasteiger partial charge in [0, 0.05) is 48.1 Å². The Bertz CT molecular complexity index is 3470. The van der Waals surface area contributed by atoms with Crippen molar-refractivity contribution in [1.29, 1.82) is 0 Å². The van der Waals surface area contributed by atoms with Crippen molar-refractivity contribution in [3.8, 4) is 40.7 Å². The summed E-state index contributed by atoms with van der Waals surface area (Å²) < 4.78 is 10.9. The molecule has 0 spiro atoms. The number of aromatic nitrogens is 2. The fourth-order valence-electron chi connectivity index (χ4n) is 13.2. The molecule has 8 aromatic rings. The van der Waals surface area contributed by atoms with Gasteiger partial charge >= 0.3 is 0 Å². The third-order valence-electron chi connectivity index (χ3n) is 18.5. The highest BCUT2D eigenvalue weighted by Crippen LogP contribution is 2.54. The minimum absolute atomic E-state index is 0.603. The number of carbonyl (C=O) groups excluding carboxylic acids is 1. The van der Waals surface area contributed by atoms with Gasteiger partial charge in [0.1, 0.15) is 28.7 Å². The number of unbranched alkanes of at least 4 members (excludes halogenated alkanes) is 24. The van der Waals surface area contributed by atoms with Crippen molar-refractivity contribution in [1.82, 2.24) is 9.97 Å². The summed E-state index contributed by atoms with van der Waals surface area (Å²) in [5, 5.41) is 1.71. The molecule has 0 amide bonds. The molecule has 0 radical (unpaired) electrons. The first-order valence-electron chi connectivity index (χ1n) is 36.0. The van der Waals surface area contributed by atoms with Gasteiger partial charge in [-0.05, 0) is 104 Å². The van der Waals surface area contributed by atoms with Crippen LogP contribution < -0.4 is 0 Å². The molecule has 0 aliphatic carbocycles. The zero-order valence-electron chi connectivity index (χ0n) is 56.5. The van der Waals surface area contributed by atoms with Crippen molar-refractivity contribution in [3.63, 3.8) is 0 Å². The molecule has 91 heavy (non-hydrogen) atoms. The minimum Gasteiger partial charge on any atom is -0.504 e. The second-order valence-electron chi connectivity index (χ2n) is 26.0. The van der Waals surface area contributed by atoms with Gasteiger partial charge in [0.15, 0.2) is 0 Å². The number of hydrogen-bond donors (Lipinski definition) is 0. The zero-order valence-corrected chi connectivity index (χ0v) is 63.8. The molecule has 0 fully saturated rings. The summed E-state index contributed by atoms with van der Waals surface area (Å²) in [5.74, 6) is 1.21. The van der Waals surface area contributed by atoms with E-state index >= 15 is 0 Å². The van der Waals surface area contributed by atoms with Gasteiger partial charge in [-0.2, -0.15) is 0 Å². The SMILES string of the molecule is CCCCCCCCCCCc1c(/C=C/C=O)sc2cc(-c3sc(-c4cc5sc(/C=C/OC)c(CCCCCCCCCCC)c5s4)c4nc(-c5cc(Cl)c(CC(CCCC)CCCCCC)s5)c(-c5cc(Cl)c(CC(CCCC)CCCCCC)s5)nc34)sc12. The van der Waals surface area contributed by atoms with E-state index in [9.17, 15) is 4.79 Å². The van der Waals surface area contributed by atoms with Crippen LogP contribution in [0.3, 0.4) is 0 Å². The van der Waals surface area contributed by atoms with Gasteiger partial charge in [-0.15, -0.1) is 79.4 Å². The molecule has 8 rings (SSSR count). The second-order valence-corrected chi connectivity index (χ2v) is 34.3. The molecule has 2 atom stereocenters. The van der Waals surface area contributed by atoms with Crippen molar-refractivity contribution < 1.29 is 9.53 Å². The van der Waals surface area contributed by atoms with Gasteiger partial charge in [-0.25, -0.2) is 9.97 Å². The maximum atomic E-state index is 11.8. The Morgan fingerprint density at radius 2 is 0.802 bits per heavy atom. The Morgan fingerprint density at radius 1 is 0.429 bits per heavy atom. The Hall–Kier alpha value is -2.71. The van der Waals surface area contributed by atoms with Gasteiger partial charge < -0.3 is 4.74 Å². The second kappa shape index (κ2) is 40.8. The summed E-state index contributed by atoms with van der Waals surface area (Å²) in [6.45, 7) is 13.9. The summed E-state index contributed by atoms with van der Waals surface area (Å²) in [7, 11) is 1.75. The van der Waals surface area contributed by atoms with Crippen molar-refractivity contribution in [3.05, 3.63) is 77.3 Å². The van der Waals surface area contributed by atoms with E-state index in [1.807, 2.05) is 91.7 Å². The predicted octanol–water partition coefficient (Wildman–Crippen LogP) is 30.0. The largest absolute Gasteiger partial charge is 0.504 e. The van der Waals surface area contributed by atoms with E-state index in [1.165, 1.54) is 281 Å². The fourth-order valence-corrected chi connectivity index (χ4v) is 22.9. The third-order valence-corrected chi connectivity index (χ3v) is 28.2. The van der Waals surface area contributed by atoms with Crippen molar-refractivity contribution in [2.75, 3.05) is 7.11 Å². The van der Waals surface area contributed by atoms with Crippen molar-refractivity contribution in [2.24, 2.45) is 11.8 Å². The van der Waals surface area contributed by atoms with Crippen LogP contribution >= 0.6 is 103 Å². The zero-order chi connectivity index (χ0) is 64.2. The molecular weight excluding hydrogens is 1290 g/mol. The lowest BCUT2D eigenvalue weighted by molar-refractivity contribution is -0.104. The molecule has 0 saturated heterocycles. The summed E-state index contributed by atoms with van der Waals surface area (Å²) >= 11 is 28.2. The maximum absolute atomic E-state index is 11.8. The van der Waals surface area contributed by atoms with Gasteiger partial charge in [0.25, 0.3) is 0 Å². The van der Waals surface area contributed by atoms with Crippen LogP contribution in [-0.4, -0.2) is 23.4 Å². The quantitative estimate of drug-likeness (QED) is 0.0165. The highest BCUT2D eigenvalue weighted by Gasteiger charge is 2.29. The van der Waals surface area contributed by atoms with Crippen molar-refractivity contribution in [2.45, 2.75) is 286 Å². The number of allylic oxidation sites excluding steroid dienone is 1. The number of halogens is 2.